The molecule has 0 atom stereocenters. The van der Waals surface area contributed by atoms with Crippen molar-refractivity contribution in [2.45, 2.75) is 13.3 Å². The fraction of sp³-hybridized carbons (Fsp3) is 0.115. The molecule has 0 fully saturated rings. The molecule has 152 valence electrons. The fourth-order valence-electron chi connectivity index (χ4n) is 3.69. The zero-order valence-corrected chi connectivity index (χ0v) is 17.5. The van der Waals surface area contributed by atoms with Crippen LogP contribution in [-0.4, -0.2) is 27.0 Å². The molecule has 0 aliphatic heterocycles. The van der Waals surface area contributed by atoms with Gasteiger partial charge in [-0.05, 0) is 36.8 Å². The molecule has 0 bridgehead atoms. The van der Waals surface area contributed by atoms with E-state index in [1.807, 2.05) is 36.5 Å². The molecule has 1 N–H and O–H groups in total. The number of aromatic nitrogens is 4. The summed E-state index contributed by atoms with van der Waals surface area (Å²) in [7, 11) is 1.62. The number of aromatic amines is 1. The number of rotatable bonds is 5. The minimum Gasteiger partial charge on any atom is -0.481 e. The summed E-state index contributed by atoms with van der Waals surface area (Å²) >= 11 is 0. The van der Waals surface area contributed by atoms with Crippen LogP contribution in [0.4, 0.5) is 0 Å². The highest BCUT2D eigenvalue weighted by molar-refractivity contribution is 5.86. The number of ether oxygens (including phenoxy) is 1. The Morgan fingerprint density at radius 3 is 2.61 bits per heavy atom. The van der Waals surface area contributed by atoms with Gasteiger partial charge in [-0.3, -0.25) is 4.98 Å². The van der Waals surface area contributed by atoms with E-state index in [0.29, 0.717) is 12.3 Å². The standard InChI is InChI=1S/C26H22N4O/c1-17-8-10-18(11-9-17)15-23-29-25(20-12-13-21-19(16-20)5-4-14-27-21)26(30-23)22-6-3-7-24(28-22)31-2/h3-14,16H,15H2,1-2H3,(H,29,30). The molecule has 5 rings (SSSR count). The van der Waals surface area contributed by atoms with E-state index in [9.17, 15) is 0 Å². The summed E-state index contributed by atoms with van der Waals surface area (Å²) in [6, 6.07) is 24.5. The van der Waals surface area contributed by atoms with E-state index < -0.39 is 0 Å². The van der Waals surface area contributed by atoms with Crippen molar-refractivity contribution in [3.63, 3.8) is 0 Å². The Labute approximate surface area is 180 Å². The van der Waals surface area contributed by atoms with Crippen LogP contribution in [0, 0.1) is 6.92 Å². The minimum atomic E-state index is 0.570. The van der Waals surface area contributed by atoms with Crippen molar-refractivity contribution >= 4 is 10.9 Å². The van der Waals surface area contributed by atoms with E-state index in [1.165, 1.54) is 11.1 Å². The van der Waals surface area contributed by atoms with Gasteiger partial charge in [0, 0.05) is 29.6 Å². The van der Waals surface area contributed by atoms with Crippen LogP contribution < -0.4 is 4.74 Å². The summed E-state index contributed by atoms with van der Waals surface area (Å²) in [6.07, 6.45) is 2.52. The molecule has 0 aliphatic rings. The van der Waals surface area contributed by atoms with Gasteiger partial charge in [0.15, 0.2) is 0 Å². The molecule has 0 radical (unpaired) electrons. The molecule has 3 aromatic heterocycles. The smallest absolute Gasteiger partial charge is 0.213 e. The molecule has 0 aliphatic carbocycles. The van der Waals surface area contributed by atoms with Gasteiger partial charge in [-0.15, -0.1) is 0 Å². The maximum atomic E-state index is 5.34. The maximum absolute atomic E-state index is 5.34. The Morgan fingerprint density at radius 1 is 0.903 bits per heavy atom. The quantitative estimate of drug-likeness (QED) is 0.413. The summed E-state index contributed by atoms with van der Waals surface area (Å²) in [5.74, 6) is 1.46. The Morgan fingerprint density at radius 2 is 1.77 bits per heavy atom. The summed E-state index contributed by atoms with van der Waals surface area (Å²) < 4.78 is 5.34. The first-order valence-electron chi connectivity index (χ1n) is 10.2. The summed E-state index contributed by atoms with van der Waals surface area (Å²) in [6.45, 7) is 2.09. The first kappa shape index (κ1) is 19.0. The highest BCUT2D eigenvalue weighted by Gasteiger charge is 2.16. The zero-order valence-electron chi connectivity index (χ0n) is 17.5. The van der Waals surface area contributed by atoms with Crippen molar-refractivity contribution in [3.8, 4) is 28.5 Å². The van der Waals surface area contributed by atoms with E-state index >= 15 is 0 Å². The number of aryl methyl sites for hydroxylation is 1. The first-order valence-corrected chi connectivity index (χ1v) is 10.2. The number of hydrogen-bond donors (Lipinski definition) is 1. The van der Waals surface area contributed by atoms with Crippen LogP contribution in [0.3, 0.4) is 0 Å². The molecular formula is C26H22N4O. The third-order valence-electron chi connectivity index (χ3n) is 5.31. The molecular weight excluding hydrogens is 384 g/mol. The number of hydrogen-bond acceptors (Lipinski definition) is 4. The molecule has 5 heteroatoms. The Hall–Kier alpha value is -3.99. The minimum absolute atomic E-state index is 0.570. The Kier molecular flexibility index (Phi) is 4.92. The van der Waals surface area contributed by atoms with Crippen molar-refractivity contribution in [2.75, 3.05) is 7.11 Å². The molecule has 5 aromatic rings. The van der Waals surface area contributed by atoms with Crippen LogP contribution >= 0.6 is 0 Å². The molecule has 0 amide bonds. The number of benzene rings is 2. The number of imidazole rings is 1. The molecule has 31 heavy (non-hydrogen) atoms. The van der Waals surface area contributed by atoms with Crippen molar-refractivity contribution < 1.29 is 4.74 Å². The lowest BCUT2D eigenvalue weighted by atomic mass is 10.1. The highest BCUT2D eigenvalue weighted by atomic mass is 16.5. The largest absolute Gasteiger partial charge is 0.481 e. The lowest BCUT2D eigenvalue weighted by molar-refractivity contribution is 0.398. The van der Waals surface area contributed by atoms with E-state index in [4.69, 9.17) is 9.72 Å². The van der Waals surface area contributed by atoms with Gasteiger partial charge in [-0.2, -0.15) is 0 Å². The zero-order chi connectivity index (χ0) is 21.2. The van der Waals surface area contributed by atoms with Crippen LogP contribution in [0.2, 0.25) is 0 Å². The Balaban J connectivity index is 1.63. The number of pyridine rings is 2. The van der Waals surface area contributed by atoms with Crippen LogP contribution in [-0.2, 0) is 6.42 Å². The second-order valence-corrected chi connectivity index (χ2v) is 7.55. The van der Waals surface area contributed by atoms with Crippen molar-refractivity contribution in [1.82, 2.24) is 19.9 Å². The second kappa shape index (κ2) is 8.03. The predicted octanol–water partition coefficient (Wildman–Crippen LogP) is 5.59. The van der Waals surface area contributed by atoms with Crippen molar-refractivity contribution in [3.05, 3.63) is 95.9 Å². The molecule has 3 heterocycles. The van der Waals surface area contributed by atoms with Crippen molar-refractivity contribution in [2.24, 2.45) is 0 Å². The average Bonchev–Trinajstić information content (AvgIpc) is 3.24. The fourth-order valence-corrected chi connectivity index (χ4v) is 3.69. The summed E-state index contributed by atoms with van der Waals surface area (Å²) in [5, 5.41) is 1.08. The average molecular weight is 406 g/mol. The summed E-state index contributed by atoms with van der Waals surface area (Å²) in [4.78, 5) is 17.6. The van der Waals surface area contributed by atoms with E-state index in [1.54, 1.807) is 7.11 Å². The number of methoxy groups -OCH3 is 1. The summed E-state index contributed by atoms with van der Waals surface area (Å²) in [5.41, 5.74) is 6.98. The molecule has 0 saturated carbocycles. The van der Waals surface area contributed by atoms with E-state index in [0.717, 1.165) is 39.4 Å². The predicted molar refractivity (Wildman–Crippen MR) is 123 cm³/mol. The highest BCUT2D eigenvalue weighted by Crippen LogP contribution is 2.32. The van der Waals surface area contributed by atoms with E-state index in [-0.39, 0.29) is 0 Å². The van der Waals surface area contributed by atoms with Crippen LogP contribution in [0.15, 0.2) is 79.0 Å². The molecule has 2 aromatic carbocycles. The Bertz CT molecular complexity index is 1360. The maximum Gasteiger partial charge on any atom is 0.213 e. The normalized spacial score (nSPS) is 11.0. The van der Waals surface area contributed by atoms with Gasteiger partial charge in [-0.1, -0.05) is 48.0 Å². The van der Waals surface area contributed by atoms with Gasteiger partial charge in [-0.25, -0.2) is 9.97 Å². The van der Waals surface area contributed by atoms with Crippen LogP contribution in [0.5, 0.6) is 5.88 Å². The van der Waals surface area contributed by atoms with Crippen LogP contribution in [0.1, 0.15) is 17.0 Å². The lowest BCUT2D eigenvalue weighted by Gasteiger charge is -2.05. The number of nitrogens with one attached hydrogen (secondary N) is 1. The van der Waals surface area contributed by atoms with Gasteiger partial charge in [0.2, 0.25) is 5.88 Å². The third-order valence-corrected chi connectivity index (χ3v) is 5.31. The van der Waals surface area contributed by atoms with Crippen molar-refractivity contribution in [1.29, 1.82) is 0 Å². The van der Waals surface area contributed by atoms with Gasteiger partial charge in [0.25, 0.3) is 0 Å². The molecule has 0 spiro atoms. The first-order chi connectivity index (χ1) is 15.2. The number of H-pyrrole nitrogens is 1. The van der Waals surface area contributed by atoms with Gasteiger partial charge >= 0.3 is 0 Å². The lowest BCUT2D eigenvalue weighted by Crippen LogP contribution is -1.92. The molecule has 0 saturated heterocycles. The van der Waals surface area contributed by atoms with E-state index in [2.05, 4.69) is 64.3 Å². The number of nitrogens with zero attached hydrogens (tertiary/aromatic N) is 3. The monoisotopic (exact) mass is 406 g/mol. The molecule has 0 unspecified atom stereocenters. The van der Waals surface area contributed by atoms with Crippen LogP contribution in [0.25, 0.3) is 33.5 Å². The van der Waals surface area contributed by atoms with Gasteiger partial charge < -0.3 is 9.72 Å². The third kappa shape index (κ3) is 3.90. The number of fused-ring (bicyclic) bond motifs is 1. The SMILES string of the molecule is COc1cccc(-c2[nH]c(Cc3ccc(C)cc3)nc2-c2ccc3ncccc3c2)n1. The molecule has 5 nitrogen and oxygen atoms in total. The van der Waals surface area contributed by atoms with Gasteiger partial charge in [0.1, 0.15) is 5.82 Å². The van der Waals surface area contributed by atoms with Gasteiger partial charge in [0.05, 0.1) is 29.7 Å². The topological polar surface area (TPSA) is 63.7 Å². The second-order valence-electron chi connectivity index (χ2n) is 7.55.